The summed E-state index contributed by atoms with van der Waals surface area (Å²) in [7, 11) is 0. The lowest BCUT2D eigenvalue weighted by atomic mass is 10.2. The summed E-state index contributed by atoms with van der Waals surface area (Å²) in [5.41, 5.74) is 0.605. The fourth-order valence-electron chi connectivity index (χ4n) is 2.38. The van der Waals surface area contributed by atoms with Gasteiger partial charge in [0, 0.05) is 6.04 Å². The van der Waals surface area contributed by atoms with Gasteiger partial charge >= 0.3 is 6.03 Å². The second kappa shape index (κ2) is 6.92. The van der Waals surface area contributed by atoms with Crippen LogP contribution in [0.5, 0.6) is 11.5 Å². The van der Waals surface area contributed by atoms with E-state index in [1.165, 1.54) is 12.8 Å². The number of rotatable bonds is 5. The van der Waals surface area contributed by atoms with Gasteiger partial charge in [-0.2, -0.15) is 0 Å². The second-order valence-electron chi connectivity index (χ2n) is 5.75. The molecule has 1 aliphatic rings. The maximum absolute atomic E-state index is 12.1. The molecule has 120 valence electrons. The number of ether oxygens (including phenoxy) is 1. The minimum absolute atomic E-state index is 0.187. The van der Waals surface area contributed by atoms with E-state index in [-0.39, 0.29) is 12.1 Å². The Bertz CT molecular complexity index is 701. The van der Waals surface area contributed by atoms with Crippen LogP contribution in [0.15, 0.2) is 48.5 Å². The average molecular weight is 331 g/mol. The summed E-state index contributed by atoms with van der Waals surface area (Å²) >= 11 is 6.12. The molecule has 5 heteroatoms. The van der Waals surface area contributed by atoms with E-state index in [1.807, 2.05) is 31.2 Å². The molecule has 1 fully saturated rings. The molecule has 2 amide bonds. The zero-order valence-electron chi connectivity index (χ0n) is 12.9. The van der Waals surface area contributed by atoms with E-state index < -0.39 is 0 Å². The van der Waals surface area contributed by atoms with Crippen LogP contribution in [0.3, 0.4) is 0 Å². The summed E-state index contributed by atoms with van der Waals surface area (Å²) in [6.45, 7) is 2.03. The summed E-state index contributed by atoms with van der Waals surface area (Å²) in [4.78, 5) is 12.1. The molecule has 2 aromatic rings. The molecule has 0 aromatic heterocycles. The average Bonchev–Trinajstić information content (AvgIpc) is 3.36. The molecule has 1 saturated carbocycles. The Kier molecular flexibility index (Phi) is 4.72. The van der Waals surface area contributed by atoms with Gasteiger partial charge in [-0.05, 0) is 49.9 Å². The van der Waals surface area contributed by atoms with E-state index in [0.717, 1.165) is 0 Å². The molecular weight excluding hydrogens is 312 g/mol. The SMILES string of the molecule is CC(NC(=O)Nc1ccccc1Oc1ccccc1Cl)C1CC1. The molecular formula is C18H19ClN2O2. The maximum Gasteiger partial charge on any atom is 0.319 e. The van der Waals surface area contributed by atoms with Gasteiger partial charge in [0.05, 0.1) is 10.7 Å². The fourth-order valence-corrected chi connectivity index (χ4v) is 2.56. The lowest BCUT2D eigenvalue weighted by molar-refractivity contribution is 0.248. The minimum atomic E-state index is -0.223. The summed E-state index contributed by atoms with van der Waals surface area (Å²) in [6, 6.07) is 14.5. The highest BCUT2D eigenvalue weighted by Gasteiger charge is 2.28. The van der Waals surface area contributed by atoms with Gasteiger partial charge in [0.1, 0.15) is 5.75 Å². The normalized spacial score (nSPS) is 14.9. The number of nitrogens with one attached hydrogen (secondary N) is 2. The number of carbonyl (C=O) groups excluding carboxylic acids is 1. The number of carbonyl (C=O) groups is 1. The fraction of sp³-hybridized carbons (Fsp3) is 0.278. The van der Waals surface area contributed by atoms with Crippen molar-refractivity contribution in [2.45, 2.75) is 25.8 Å². The highest BCUT2D eigenvalue weighted by Crippen LogP contribution is 2.34. The Labute approximate surface area is 140 Å². The second-order valence-corrected chi connectivity index (χ2v) is 6.16. The number of benzene rings is 2. The first-order chi connectivity index (χ1) is 11.1. The summed E-state index contributed by atoms with van der Waals surface area (Å²) in [6.07, 6.45) is 2.38. The molecule has 4 nitrogen and oxygen atoms in total. The van der Waals surface area contributed by atoms with Gasteiger partial charge in [-0.1, -0.05) is 35.9 Å². The maximum atomic E-state index is 12.1. The first-order valence-corrected chi connectivity index (χ1v) is 8.10. The summed E-state index contributed by atoms with van der Waals surface area (Å²) < 4.78 is 5.83. The predicted molar refractivity (Wildman–Crippen MR) is 92.3 cm³/mol. The molecule has 23 heavy (non-hydrogen) atoms. The lowest BCUT2D eigenvalue weighted by Crippen LogP contribution is -2.37. The number of hydrogen-bond donors (Lipinski definition) is 2. The summed E-state index contributed by atoms with van der Waals surface area (Å²) in [5.74, 6) is 1.71. The Morgan fingerprint density at radius 3 is 2.48 bits per heavy atom. The van der Waals surface area contributed by atoms with Crippen molar-refractivity contribution in [2.75, 3.05) is 5.32 Å². The number of para-hydroxylation sites is 3. The number of halogens is 1. The molecule has 2 N–H and O–H groups in total. The Morgan fingerprint density at radius 1 is 1.13 bits per heavy atom. The van der Waals surface area contributed by atoms with Crippen LogP contribution in [0.2, 0.25) is 5.02 Å². The van der Waals surface area contributed by atoms with Crippen LogP contribution in [0, 0.1) is 5.92 Å². The molecule has 0 bridgehead atoms. The summed E-state index contributed by atoms with van der Waals surface area (Å²) in [5, 5.41) is 6.33. The molecule has 1 unspecified atom stereocenters. The molecule has 0 aliphatic heterocycles. The van der Waals surface area contributed by atoms with E-state index >= 15 is 0 Å². The van der Waals surface area contributed by atoms with Crippen molar-refractivity contribution in [3.63, 3.8) is 0 Å². The van der Waals surface area contributed by atoms with Crippen LogP contribution in [0.4, 0.5) is 10.5 Å². The number of urea groups is 1. The molecule has 1 atom stereocenters. The third-order valence-corrected chi connectivity index (χ3v) is 4.19. The topological polar surface area (TPSA) is 50.4 Å². The van der Waals surface area contributed by atoms with Crippen LogP contribution in [0.25, 0.3) is 0 Å². The zero-order chi connectivity index (χ0) is 16.2. The van der Waals surface area contributed by atoms with Gasteiger partial charge in [-0.3, -0.25) is 0 Å². The van der Waals surface area contributed by atoms with Crippen molar-refractivity contribution in [1.82, 2.24) is 5.32 Å². The van der Waals surface area contributed by atoms with Gasteiger partial charge in [0.25, 0.3) is 0 Å². The van der Waals surface area contributed by atoms with E-state index in [4.69, 9.17) is 16.3 Å². The van der Waals surface area contributed by atoms with Crippen molar-refractivity contribution < 1.29 is 9.53 Å². The number of hydrogen-bond acceptors (Lipinski definition) is 2. The van der Waals surface area contributed by atoms with Crippen LogP contribution in [-0.2, 0) is 0 Å². The number of amides is 2. The highest BCUT2D eigenvalue weighted by molar-refractivity contribution is 6.32. The van der Waals surface area contributed by atoms with Crippen molar-refractivity contribution in [1.29, 1.82) is 0 Å². The molecule has 0 heterocycles. The zero-order valence-corrected chi connectivity index (χ0v) is 13.6. The van der Waals surface area contributed by atoms with E-state index in [0.29, 0.717) is 28.1 Å². The monoisotopic (exact) mass is 330 g/mol. The van der Waals surface area contributed by atoms with Crippen molar-refractivity contribution in [3.05, 3.63) is 53.6 Å². The van der Waals surface area contributed by atoms with E-state index in [2.05, 4.69) is 10.6 Å². The molecule has 3 rings (SSSR count). The third kappa shape index (κ3) is 4.17. The van der Waals surface area contributed by atoms with Crippen LogP contribution in [0.1, 0.15) is 19.8 Å². The van der Waals surface area contributed by atoms with Crippen LogP contribution < -0.4 is 15.4 Å². The van der Waals surface area contributed by atoms with Crippen molar-refractivity contribution in [2.24, 2.45) is 5.92 Å². The Balaban J connectivity index is 1.70. The van der Waals surface area contributed by atoms with Crippen molar-refractivity contribution >= 4 is 23.3 Å². The molecule has 1 aliphatic carbocycles. The van der Waals surface area contributed by atoms with Gasteiger partial charge < -0.3 is 15.4 Å². The smallest absolute Gasteiger partial charge is 0.319 e. The molecule has 2 aromatic carbocycles. The molecule has 0 spiro atoms. The lowest BCUT2D eigenvalue weighted by Gasteiger charge is -2.16. The first-order valence-electron chi connectivity index (χ1n) is 7.72. The Hall–Kier alpha value is -2.20. The standard InChI is InChI=1S/C18H19ClN2O2/c1-12(13-10-11-13)20-18(22)21-15-7-3-5-9-17(15)23-16-8-4-2-6-14(16)19/h2-9,12-13H,10-11H2,1H3,(H2,20,21,22). The largest absolute Gasteiger partial charge is 0.454 e. The van der Waals surface area contributed by atoms with Gasteiger partial charge in [-0.25, -0.2) is 4.79 Å². The first kappa shape index (κ1) is 15.7. The predicted octanol–water partition coefficient (Wildman–Crippen LogP) is 5.05. The Morgan fingerprint density at radius 2 is 1.78 bits per heavy atom. The highest BCUT2D eigenvalue weighted by atomic mass is 35.5. The van der Waals surface area contributed by atoms with Gasteiger partial charge in [0.15, 0.2) is 5.75 Å². The quantitative estimate of drug-likeness (QED) is 0.805. The van der Waals surface area contributed by atoms with Gasteiger partial charge in [-0.15, -0.1) is 0 Å². The van der Waals surface area contributed by atoms with Crippen molar-refractivity contribution in [3.8, 4) is 11.5 Å². The third-order valence-electron chi connectivity index (χ3n) is 3.88. The van der Waals surface area contributed by atoms with E-state index in [9.17, 15) is 4.79 Å². The van der Waals surface area contributed by atoms with E-state index in [1.54, 1.807) is 24.3 Å². The van der Waals surface area contributed by atoms with Crippen LogP contribution >= 0.6 is 11.6 Å². The van der Waals surface area contributed by atoms with Gasteiger partial charge in [0.2, 0.25) is 0 Å². The minimum Gasteiger partial charge on any atom is -0.454 e. The number of anilines is 1. The molecule has 0 saturated heterocycles. The molecule has 0 radical (unpaired) electrons. The van der Waals surface area contributed by atoms with Crippen LogP contribution in [-0.4, -0.2) is 12.1 Å².